The lowest BCUT2D eigenvalue weighted by molar-refractivity contribution is 0.543. The Morgan fingerprint density at radius 1 is 1.43 bits per heavy atom. The molecule has 0 fully saturated rings. The van der Waals surface area contributed by atoms with Crippen LogP contribution < -0.4 is 0 Å². The number of alkyl halides is 3. The van der Waals surface area contributed by atoms with Crippen molar-refractivity contribution in [3.63, 3.8) is 0 Å². The van der Waals surface area contributed by atoms with Gasteiger partial charge in [0.1, 0.15) is 9.39 Å². The number of rotatable bonds is 3. The third-order valence-electron chi connectivity index (χ3n) is 1.67. The van der Waals surface area contributed by atoms with E-state index in [2.05, 4.69) is 39.8 Å². The quantitative estimate of drug-likeness (QED) is 0.604. The summed E-state index contributed by atoms with van der Waals surface area (Å²) < 4.78 is 1.05. The summed E-state index contributed by atoms with van der Waals surface area (Å²) in [5.74, 6) is 0. The maximum Gasteiger partial charge on any atom is 0.237 e. The van der Waals surface area contributed by atoms with Crippen molar-refractivity contribution in [2.24, 2.45) is 0 Å². The van der Waals surface area contributed by atoms with Crippen molar-refractivity contribution in [1.82, 2.24) is 15.0 Å². The van der Waals surface area contributed by atoms with E-state index in [0.717, 1.165) is 23.1 Å². The van der Waals surface area contributed by atoms with Gasteiger partial charge in [0.2, 0.25) is 3.79 Å². The molecule has 0 unspecified atom stereocenters. The van der Waals surface area contributed by atoms with Crippen LogP contribution in [0.4, 0.5) is 0 Å². The first kappa shape index (κ1) is 12.8. The van der Waals surface area contributed by atoms with Crippen LogP contribution >= 0.6 is 57.4 Å². The molecule has 0 N–H and O–H groups in total. The van der Waals surface area contributed by atoms with E-state index >= 15 is 0 Å². The smallest absolute Gasteiger partial charge is 0.237 e. The number of nitrogens with zero attached hydrogens (tertiary/aromatic N) is 3. The van der Waals surface area contributed by atoms with Crippen LogP contribution in [-0.2, 0) is 10.3 Å². The summed E-state index contributed by atoms with van der Waals surface area (Å²) in [7, 11) is 0. The monoisotopic (exact) mass is 367 g/mol. The molecule has 3 nitrogen and oxygen atoms in total. The SMILES string of the molecule is CCCCn1nnc(C(Cl)(Cl)Cl)c1I. The van der Waals surface area contributed by atoms with Gasteiger partial charge >= 0.3 is 0 Å². The maximum atomic E-state index is 5.72. The zero-order valence-corrected chi connectivity index (χ0v) is 11.9. The van der Waals surface area contributed by atoms with Gasteiger partial charge in [0, 0.05) is 6.54 Å². The van der Waals surface area contributed by atoms with E-state index in [4.69, 9.17) is 34.8 Å². The number of hydrogen-bond donors (Lipinski definition) is 0. The minimum absolute atomic E-state index is 0.402. The van der Waals surface area contributed by atoms with Crippen LogP contribution in [0.15, 0.2) is 0 Å². The van der Waals surface area contributed by atoms with Crippen LogP contribution in [0, 0.1) is 3.70 Å². The van der Waals surface area contributed by atoms with Crippen molar-refractivity contribution in [2.45, 2.75) is 30.1 Å². The highest BCUT2D eigenvalue weighted by Gasteiger charge is 2.30. The highest BCUT2D eigenvalue weighted by Crippen LogP contribution is 2.38. The van der Waals surface area contributed by atoms with Gasteiger partial charge in [-0.15, -0.1) is 5.10 Å². The van der Waals surface area contributed by atoms with Gasteiger partial charge in [0.15, 0.2) is 0 Å². The summed E-state index contributed by atoms with van der Waals surface area (Å²) in [6, 6.07) is 0. The molecule has 0 aliphatic heterocycles. The average Bonchev–Trinajstić information content (AvgIpc) is 2.42. The first-order valence-corrected chi connectivity index (χ1v) is 6.34. The van der Waals surface area contributed by atoms with Crippen LogP contribution in [0.1, 0.15) is 25.5 Å². The Kier molecular flexibility index (Phi) is 4.74. The summed E-state index contributed by atoms with van der Waals surface area (Å²) in [6.07, 6.45) is 2.14. The second-order valence-corrected chi connectivity index (χ2v) is 6.11. The Bertz CT molecular complexity index is 308. The Labute approximate surface area is 111 Å². The summed E-state index contributed by atoms with van der Waals surface area (Å²) >= 11 is 19.2. The zero-order chi connectivity index (χ0) is 10.8. The summed E-state index contributed by atoms with van der Waals surface area (Å²) in [6.45, 7) is 2.92. The molecule has 80 valence electrons. The van der Waals surface area contributed by atoms with Crippen LogP contribution in [-0.4, -0.2) is 15.0 Å². The normalized spacial score (nSPS) is 12.1. The Morgan fingerprint density at radius 2 is 2.07 bits per heavy atom. The Morgan fingerprint density at radius 3 is 2.50 bits per heavy atom. The van der Waals surface area contributed by atoms with Crippen molar-refractivity contribution in [3.05, 3.63) is 9.39 Å². The van der Waals surface area contributed by atoms with Crippen LogP contribution in [0.2, 0.25) is 0 Å². The molecule has 1 rings (SSSR count). The van der Waals surface area contributed by atoms with Crippen molar-refractivity contribution >= 4 is 57.4 Å². The van der Waals surface area contributed by atoms with Crippen LogP contribution in [0.3, 0.4) is 0 Å². The van der Waals surface area contributed by atoms with E-state index in [1.807, 2.05) is 0 Å². The van der Waals surface area contributed by atoms with Gasteiger partial charge in [-0.1, -0.05) is 53.4 Å². The molecular formula is C7H9Cl3IN3. The number of unbranched alkanes of at least 4 members (excludes halogenated alkanes) is 1. The van der Waals surface area contributed by atoms with Gasteiger partial charge in [-0.2, -0.15) is 0 Å². The topological polar surface area (TPSA) is 30.7 Å². The molecule has 1 aromatic rings. The fraction of sp³-hybridized carbons (Fsp3) is 0.714. The molecule has 7 heteroatoms. The lowest BCUT2D eigenvalue weighted by atomic mass is 10.3. The third kappa shape index (κ3) is 3.12. The van der Waals surface area contributed by atoms with Gasteiger partial charge in [-0.25, -0.2) is 4.68 Å². The fourth-order valence-electron chi connectivity index (χ4n) is 0.926. The second-order valence-electron chi connectivity index (χ2n) is 2.80. The van der Waals surface area contributed by atoms with Crippen molar-refractivity contribution in [2.75, 3.05) is 0 Å². The molecule has 14 heavy (non-hydrogen) atoms. The molecule has 0 spiro atoms. The number of aryl methyl sites for hydroxylation is 1. The number of halogens is 4. The standard InChI is InChI=1S/C7H9Cl3IN3/c1-2-3-4-14-6(11)5(12-13-14)7(8,9)10/h2-4H2,1H3. The lowest BCUT2D eigenvalue weighted by Gasteiger charge is -2.07. The molecule has 0 amide bonds. The maximum absolute atomic E-state index is 5.72. The van der Waals surface area contributed by atoms with Crippen molar-refractivity contribution in [3.8, 4) is 0 Å². The molecule has 0 saturated carbocycles. The first-order chi connectivity index (χ1) is 6.46. The molecule has 1 aromatic heterocycles. The van der Waals surface area contributed by atoms with Gasteiger partial charge in [0.05, 0.1) is 0 Å². The second kappa shape index (κ2) is 5.18. The van der Waals surface area contributed by atoms with E-state index in [0.29, 0.717) is 5.69 Å². The van der Waals surface area contributed by atoms with E-state index in [-0.39, 0.29) is 0 Å². The van der Waals surface area contributed by atoms with Gasteiger partial charge in [-0.05, 0) is 29.0 Å². The molecule has 0 saturated heterocycles. The highest BCUT2D eigenvalue weighted by molar-refractivity contribution is 14.1. The van der Waals surface area contributed by atoms with Crippen molar-refractivity contribution in [1.29, 1.82) is 0 Å². The van der Waals surface area contributed by atoms with E-state index in [1.165, 1.54) is 0 Å². The summed E-state index contributed by atoms with van der Waals surface area (Å²) in [5, 5.41) is 7.78. The fourth-order valence-corrected chi connectivity index (χ4v) is 2.64. The molecule has 1 heterocycles. The number of hydrogen-bond acceptors (Lipinski definition) is 2. The third-order valence-corrected chi connectivity index (χ3v) is 3.27. The molecule has 0 atom stereocenters. The van der Waals surface area contributed by atoms with E-state index < -0.39 is 3.79 Å². The molecule has 0 aliphatic carbocycles. The Balaban J connectivity index is 2.86. The molecular weight excluding hydrogens is 359 g/mol. The van der Waals surface area contributed by atoms with E-state index in [1.54, 1.807) is 4.68 Å². The minimum atomic E-state index is -1.49. The largest absolute Gasteiger partial charge is 0.239 e. The van der Waals surface area contributed by atoms with Gasteiger partial charge < -0.3 is 0 Å². The summed E-state index contributed by atoms with van der Waals surface area (Å²) in [5.41, 5.74) is 0.402. The van der Waals surface area contributed by atoms with Gasteiger partial charge in [-0.3, -0.25) is 0 Å². The molecule has 0 bridgehead atoms. The van der Waals surface area contributed by atoms with Crippen molar-refractivity contribution < 1.29 is 0 Å². The predicted molar refractivity (Wildman–Crippen MR) is 66.9 cm³/mol. The van der Waals surface area contributed by atoms with Crippen LogP contribution in [0.25, 0.3) is 0 Å². The highest BCUT2D eigenvalue weighted by atomic mass is 127. The first-order valence-electron chi connectivity index (χ1n) is 4.13. The minimum Gasteiger partial charge on any atom is -0.239 e. The molecule has 0 radical (unpaired) electrons. The van der Waals surface area contributed by atoms with Crippen LogP contribution in [0.5, 0.6) is 0 Å². The zero-order valence-electron chi connectivity index (χ0n) is 7.47. The van der Waals surface area contributed by atoms with E-state index in [9.17, 15) is 0 Å². The average molecular weight is 368 g/mol. The predicted octanol–water partition coefficient (Wildman–Crippen LogP) is 3.51. The molecule has 0 aliphatic rings. The lowest BCUT2D eigenvalue weighted by Crippen LogP contribution is -2.06. The number of aromatic nitrogens is 3. The Hall–Kier alpha value is 0.740. The molecule has 0 aromatic carbocycles. The van der Waals surface area contributed by atoms with Gasteiger partial charge in [0.25, 0.3) is 0 Å². The summed E-state index contributed by atoms with van der Waals surface area (Å²) in [4.78, 5) is 0.